The number of nitrogens with one attached hydrogen (secondary N) is 1. The van der Waals surface area contributed by atoms with Crippen LogP contribution in [0.1, 0.15) is 44.8 Å². The van der Waals surface area contributed by atoms with Crippen LogP contribution in [0.3, 0.4) is 0 Å². The zero-order valence-corrected chi connectivity index (χ0v) is 13.5. The molecule has 1 aromatic rings. The number of ether oxygens (including phenoxy) is 1. The quantitative estimate of drug-likeness (QED) is 0.900. The molecule has 0 amide bonds. The smallest absolute Gasteiger partial charge is 0.120 e. The van der Waals surface area contributed by atoms with Gasteiger partial charge in [0.15, 0.2) is 0 Å². The highest BCUT2D eigenvalue weighted by Crippen LogP contribution is 2.23. The topological polar surface area (TPSA) is 37.6 Å². The van der Waals surface area contributed by atoms with Crippen molar-refractivity contribution in [3.05, 3.63) is 23.2 Å². The minimum atomic E-state index is 0.0787. The number of aryl methyl sites for hydroxylation is 1. The van der Waals surface area contributed by atoms with Crippen molar-refractivity contribution in [2.24, 2.45) is 0 Å². The second-order valence-electron chi connectivity index (χ2n) is 6.64. The third-order valence-electron chi connectivity index (χ3n) is 3.91. The Bertz CT molecular complexity index is 438. The average Bonchev–Trinajstić information content (AvgIpc) is 2.70. The second kappa shape index (κ2) is 6.29. The van der Waals surface area contributed by atoms with Gasteiger partial charge in [0.05, 0.1) is 26.3 Å². The first kappa shape index (κ1) is 15.5. The maximum atomic E-state index is 6.02. The van der Waals surface area contributed by atoms with Gasteiger partial charge in [-0.05, 0) is 32.4 Å². The van der Waals surface area contributed by atoms with Crippen LogP contribution >= 0.6 is 0 Å². The molecule has 20 heavy (non-hydrogen) atoms. The number of furan rings is 1. The molecule has 0 aliphatic carbocycles. The monoisotopic (exact) mass is 280 g/mol. The number of morpholine rings is 1. The SMILES string of the molecule is Cc1cc(CN2CCOCC2(C)C)oc1CNC(C)C. The Hall–Kier alpha value is -0.840. The molecule has 0 radical (unpaired) electrons. The molecule has 0 spiro atoms. The van der Waals surface area contributed by atoms with E-state index in [0.717, 1.165) is 44.4 Å². The van der Waals surface area contributed by atoms with E-state index in [0.29, 0.717) is 6.04 Å². The molecule has 0 aromatic carbocycles. The average molecular weight is 280 g/mol. The lowest BCUT2D eigenvalue weighted by molar-refractivity contribution is -0.0578. The Morgan fingerprint density at radius 3 is 2.80 bits per heavy atom. The molecule has 0 bridgehead atoms. The molecular formula is C16H28N2O2. The van der Waals surface area contributed by atoms with Crippen LogP contribution in [-0.4, -0.2) is 36.2 Å². The zero-order valence-electron chi connectivity index (χ0n) is 13.5. The molecule has 1 aromatic heterocycles. The molecule has 0 saturated carbocycles. The number of rotatable bonds is 5. The first-order chi connectivity index (χ1) is 9.38. The predicted octanol–water partition coefficient (Wildman–Crippen LogP) is 2.70. The minimum absolute atomic E-state index is 0.0787. The molecule has 1 aliphatic heterocycles. The lowest BCUT2D eigenvalue weighted by atomic mass is 10.0. The fourth-order valence-electron chi connectivity index (χ4n) is 2.51. The molecule has 2 heterocycles. The molecule has 1 fully saturated rings. The van der Waals surface area contributed by atoms with Crippen LogP contribution in [0.5, 0.6) is 0 Å². The molecule has 1 saturated heterocycles. The normalized spacial score (nSPS) is 19.7. The summed E-state index contributed by atoms with van der Waals surface area (Å²) in [5, 5.41) is 3.41. The van der Waals surface area contributed by atoms with E-state index >= 15 is 0 Å². The van der Waals surface area contributed by atoms with E-state index in [1.165, 1.54) is 5.56 Å². The highest BCUT2D eigenvalue weighted by molar-refractivity contribution is 5.20. The Morgan fingerprint density at radius 2 is 2.15 bits per heavy atom. The van der Waals surface area contributed by atoms with Gasteiger partial charge in [0, 0.05) is 18.1 Å². The van der Waals surface area contributed by atoms with Crippen molar-refractivity contribution in [2.45, 2.75) is 59.3 Å². The van der Waals surface area contributed by atoms with Crippen LogP contribution in [0.4, 0.5) is 0 Å². The van der Waals surface area contributed by atoms with Crippen molar-refractivity contribution in [2.75, 3.05) is 19.8 Å². The van der Waals surface area contributed by atoms with Crippen LogP contribution in [0.2, 0.25) is 0 Å². The predicted molar refractivity (Wildman–Crippen MR) is 80.7 cm³/mol. The van der Waals surface area contributed by atoms with Gasteiger partial charge in [0.2, 0.25) is 0 Å². The van der Waals surface area contributed by atoms with E-state index < -0.39 is 0 Å². The first-order valence-corrected chi connectivity index (χ1v) is 7.53. The third kappa shape index (κ3) is 3.84. The van der Waals surface area contributed by atoms with Gasteiger partial charge in [-0.2, -0.15) is 0 Å². The summed E-state index contributed by atoms with van der Waals surface area (Å²) in [6, 6.07) is 2.64. The summed E-state index contributed by atoms with van der Waals surface area (Å²) in [4.78, 5) is 2.44. The highest BCUT2D eigenvalue weighted by Gasteiger charge is 2.31. The number of nitrogens with zero attached hydrogens (tertiary/aromatic N) is 1. The Labute approximate surface area is 122 Å². The van der Waals surface area contributed by atoms with E-state index in [-0.39, 0.29) is 5.54 Å². The summed E-state index contributed by atoms with van der Waals surface area (Å²) >= 11 is 0. The van der Waals surface area contributed by atoms with Crippen LogP contribution in [0.25, 0.3) is 0 Å². The summed E-state index contributed by atoms with van der Waals surface area (Å²) in [5.74, 6) is 2.11. The van der Waals surface area contributed by atoms with Crippen LogP contribution in [-0.2, 0) is 17.8 Å². The third-order valence-corrected chi connectivity index (χ3v) is 3.91. The second-order valence-corrected chi connectivity index (χ2v) is 6.64. The van der Waals surface area contributed by atoms with Crippen molar-refractivity contribution in [3.63, 3.8) is 0 Å². The minimum Gasteiger partial charge on any atom is -0.463 e. The van der Waals surface area contributed by atoms with Crippen molar-refractivity contribution in [3.8, 4) is 0 Å². The van der Waals surface area contributed by atoms with E-state index in [9.17, 15) is 0 Å². The molecule has 2 rings (SSSR count). The maximum Gasteiger partial charge on any atom is 0.120 e. The van der Waals surface area contributed by atoms with Gasteiger partial charge in [0.25, 0.3) is 0 Å². The van der Waals surface area contributed by atoms with E-state index in [2.05, 4.69) is 50.9 Å². The fraction of sp³-hybridized carbons (Fsp3) is 0.750. The first-order valence-electron chi connectivity index (χ1n) is 7.53. The lowest BCUT2D eigenvalue weighted by Crippen LogP contribution is -2.52. The molecule has 0 atom stereocenters. The molecular weight excluding hydrogens is 252 g/mol. The van der Waals surface area contributed by atoms with Crippen LogP contribution < -0.4 is 5.32 Å². The summed E-state index contributed by atoms with van der Waals surface area (Å²) in [7, 11) is 0. The van der Waals surface area contributed by atoms with Gasteiger partial charge in [-0.1, -0.05) is 13.8 Å². The molecule has 114 valence electrons. The summed E-state index contributed by atoms with van der Waals surface area (Å²) in [6.07, 6.45) is 0. The van der Waals surface area contributed by atoms with Gasteiger partial charge in [0.1, 0.15) is 11.5 Å². The van der Waals surface area contributed by atoms with Crippen molar-refractivity contribution >= 4 is 0 Å². The lowest BCUT2D eigenvalue weighted by Gasteiger charge is -2.41. The summed E-state index contributed by atoms with van der Waals surface area (Å²) in [5.41, 5.74) is 1.31. The summed E-state index contributed by atoms with van der Waals surface area (Å²) in [6.45, 7) is 15.1. The summed E-state index contributed by atoms with van der Waals surface area (Å²) < 4.78 is 11.6. The van der Waals surface area contributed by atoms with Crippen LogP contribution in [0, 0.1) is 6.92 Å². The number of hydrogen-bond acceptors (Lipinski definition) is 4. The molecule has 4 heteroatoms. The standard InChI is InChI=1S/C16H28N2O2/c1-12(2)17-9-15-13(3)8-14(20-15)10-18-6-7-19-11-16(18,4)5/h8,12,17H,6-7,9-11H2,1-5H3. The van der Waals surface area contributed by atoms with Crippen molar-refractivity contribution in [1.29, 1.82) is 0 Å². The van der Waals surface area contributed by atoms with Gasteiger partial charge in [-0.15, -0.1) is 0 Å². The zero-order chi connectivity index (χ0) is 14.8. The molecule has 1 aliphatic rings. The highest BCUT2D eigenvalue weighted by atomic mass is 16.5. The van der Waals surface area contributed by atoms with Gasteiger partial charge < -0.3 is 14.5 Å². The molecule has 4 nitrogen and oxygen atoms in total. The van der Waals surface area contributed by atoms with E-state index in [4.69, 9.17) is 9.15 Å². The maximum absolute atomic E-state index is 6.02. The fourth-order valence-corrected chi connectivity index (χ4v) is 2.51. The Balaban J connectivity index is 2.01. The van der Waals surface area contributed by atoms with Crippen molar-refractivity contribution < 1.29 is 9.15 Å². The van der Waals surface area contributed by atoms with E-state index in [1.54, 1.807) is 0 Å². The van der Waals surface area contributed by atoms with Crippen LogP contribution in [0.15, 0.2) is 10.5 Å². The largest absolute Gasteiger partial charge is 0.463 e. The van der Waals surface area contributed by atoms with Gasteiger partial charge in [-0.3, -0.25) is 4.90 Å². The van der Waals surface area contributed by atoms with Crippen molar-refractivity contribution in [1.82, 2.24) is 10.2 Å². The molecule has 1 N–H and O–H groups in total. The van der Waals surface area contributed by atoms with Gasteiger partial charge >= 0.3 is 0 Å². The van der Waals surface area contributed by atoms with E-state index in [1.807, 2.05) is 0 Å². The Kier molecular flexibility index (Phi) is 4.89. The molecule has 0 unspecified atom stereocenters. The number of hydrogen-bond donors (Lipinski definition) is 1. The Morgan fingerprint density at radius 1 is 1.40 bits per heavy atom. The van der Waals surface area contributed by atoms with Gasteiger partial charge in [-0.25, -0.2) is 0 Å².